The number of nitrogens with zero attached hydrogens (tertiary/aromatic N) is 1. The second kappa shape index (κ2) is 14.6. The summed E-state index contributed by atoms with van der Waals surface area (Å²) in [4.78, 5) is 38.8. The lowest BCUT2D eigenvalue weighted by molar-refractivity contribution is -0.183. The van der Waals surface area contributed by atoms with Crippen molar-refractivity contribution in [3.63, 3.8) is 0 Å². The van der Waals surface area contributed by atoms with Crippen molar-refractivity contribution in [2.24, 2.45) is 0 Å². The Balaban J connectivity index is 1.61. The zero-order chi connectivity index (χ0) is 27.4. The van der Waals surface area contributed by atoms with Crippen molar-refractivity contribution in [2.75, 3.05) is 27.4 Å². The van der Waals surface area contributed by atoms with Crippen molar-refractivity contribution in [2.45, 2.75) is 64.1 Å². The van der Waals surface area contributed by atoms with Crippen LogP contribution in [0.4, 0.5) is 0 Å². The molecule has 1 saturated heterocycles. The van der Waals surface area contributed by atoms with Crippen LogP contribution in [0.3, 0.4) is 0 Å². The normalized spacial score (nSPS) is 14.8. The van der Waals surface area contributed by atoms with Gasteiger partial charge in [0.2, 0.25) is 11.7 Å². The third kappa shape index (κ3) is 7.39. The molecule has 1 fully saturated rings. The molecular weight excluding hydrogens is 482 g/mol. The number of esters is 1. The summed E-state index contributed by atoms with van der Waals surface area (Å²) in [7, 11) is 3.17. The van der Waals surface area contributed by atoms with Gasteiger partial charge in [-0.3, -0.25) is 14.4 Å². The molecule has 0 spiro atoms. The number of Topliss-reactive ketones (excluding diaryl/α,β-unsaturated/α-hetero) is 1. The number of hydrogen-bond donors (Lipinski definition) is 0. The molecule has 0 bridgehead atoms. The quantitative estimate of drug-likeness (QED) is 0.128. The molecular formula is C31H39NO6. The molecule has 1 heterocycles. The van der Waals surface area contributed by atoms with E-state index in [4.69, 9.17) is 14.2 Å². The van der Waals surface area contributed by atoms with Crippen LogP contribution in [-0.2, 0) is 29.6 Å². The van der Waals surface area contributed by atoms with Crippen LogP contribution in [-0.4, -0.2) is 49.9 Å². The van der Waals surface area contributed by atoms with E-state index < -0.39 is 5.79 Å². The van der Waals surface area contributed by atoms with Gasteiger partial charge in [-0.25, -0.2) is 0 Å². The third-order valence-corrected chi connectivity index (χ3v) is 6.88. The maximum atomic E-state index is 13.1. The van der Waals surface area contributed by atoms with Crippen LogP contribution in [0.25, 0.3) is 0 Å². The predicted molar refractivity (Wildman–Crippen MR) is 145 cm³/mol. The average Bonchev–Trinajstić information content (AvgIpc) is 3.30. The molecule has 7 heteroatoms. The summed E-state index contributed by atoms with van der Waals surface area (Å²) in [5, 5.41) is 0. The molecule has 0 atom stereocenters. The van der Waals surface area contributed by atoms with Gasteiger partial charge >= 0.3 is 5.97 Å². The molecule has 0 radical (unpaired) electrons. The molecule has 0 unspecified atom stereocenters. The number of allylic oxidation sites excluding steroid dienone is 2. The average molecular weight is 522 g/mol. The molecule has 0 aliphatic carbocycles. The van der Waals surface area contributed by atoms with E-state index in [1.165, 1.54) is 0 Å². The molecule has 1 aliphatic rings. The highest BCUT2D eigenvalue weighted by molar-refractivity contribution is 5.97. The Bertz CT molecular complexity index is 1110. The Morgan fingerprint density at radius 3 is 2.34 bits per heavy atom. The van der Waals surface area contributed by atoms with Crippen molar-refractivity contribution in [3.05, 3.63) is 83.1 Å². The number of unbranched alkanes of at least 4 members (excludes halogenated alkanes) is 3. The first-order chi connectivity index (χ1) is 18.4. The van der Waals surface area contributed by atoms with E-state index in [1.807, 2.05) is 59.5 Å². The van der Waals surface area contributed by atoms with E-state index in [0.717, 1.165) is 42.5 Å². The lowest BCUT2D eigenvalue weighted by Crippen LogP contribution is -2.32. The van der Waals surface area contributed by atoms with Crippen LogP contribution in [0, 0.1) is 0 Å². The van der Waals surface area contributed by atoms with E-state index in [0.29, 0.717) is 38.0 Å². The molecule has 1 aliphatic heterocycles. The number of likely N-dealkylation sites (tertiary alicyclic amines) is 1. The first-order valence-corrected chi connectivity index (χ1v) is 13.4. The first-order valence-electron chi connectivity index (χ1n) is 13.4. The monoisotopic (exact) mass is 521 g/mol. The van der Waals surface area contributed by atoms with E-state index in [9.17, 15) is 14.4 Å². The van der Waals surface area contributed by atoms with E-state index >= 15 is 0 Å². The van der Waals surface area contributed by atoms with Gasteiger partial charge < -0.3 is 19.1 Å². The third-order valence-electron chi connectivity index (χ3n) is 6.88. The molecule has 0 aromatic heterocycles. The fraction of sp³-hybridized carbons (Fsp3) is 0.452. The highest BCUT2D eigenvalue weighted by Gasteiger charge is 2.35. The van der Waals surface area contributed by atoms with Gasteiger partial charge in [0.05, 0.1) is 6.61 Å². The topological polar surface area (TPSA) is 82.1 Å². The van der Waals surface area contributed by atoms with Gasteiger partial charge in [-0.15, -0.1) is 0 Å². The first kappa shape index (κ1) is 29.3. The number of ether oxygens (including phenoxy) is 3. The van der Waals surface area contributed by atoms with Gasteiger partial charge in [0.25, 0.3) is 0 Å². The molecule has 7 nitrogen and oxygen atoms in total. The summed E-state index contributed by atoms with van der Waals surface area (Å²) in [6.45, 7) is 2.85. The Morgan fingerprint density at radius 1 is 0.921 bits per heavy atom. The summed E-state index contributed by atoms with van der Waals surface area (Å²) in [5.74, 6) is -1.21. The number of hydrogen-bond acceptors (Lipinski definition) is 6. The molecule has 1 amide bonds. The standard InChI is InChI=1S/C31H39NO6/c1-4-38-30(35)17-10-5-6-11-22-32-27(19-21-29(32)34)18-20-28(33)24-13-12-16-26(23-24)31(36-2,37-3)25-14-8-7-9-15-25/h7-9,12-16,18,23H,4-6,10-11,17,19-22H2,1-3H3. The number of carbonyl (C=O) groups excluding carboxylic acids is 3. The van der Waals surface area contributed by atoms with E-state index in [-0.39, 0.29) is 24.1 Å². The second-order valence-electron chi connectivity index (χ2n) is 9.31. The van der Waals surface area contributed by atoms with Crippen molar-refractivity contribution in [3.8, 4) is 0 Å². The number of amides is 1. The van der Waals surface area contributed by atoms with Crippen molar-refractivity contribution < 1.29 is 28.6 Å². The SMILES string of the molecule is CCOC(=O)CCCCCCN1C(=O)CCC1=CCC(=O)c1cccc(C(OC)(OC)c2ccccc2)c1. The van der Waals surface area contributed by atoms with Gasteiger partial charge in [0, 0.05) is 62.4 Å². The minimum atomic E-state index is -1.12. The maximum Gasteiger partial charge on any atom is 0.305 e. The van der Waals surface area contributed by atoms with E-state index in [2.05, 4.69) is 0 Å². The highest BCUT2D eigenvalue weighted by Crippen LogP contribution is 2.34. The van der Waals surface area contributed by atoms with Crippen LogP contribution in [0.15, 0.2) is 66.4 Å². The fourth-order valence-electron chi connectivity index (χ4n) is 4.88. The van der Waals surface area contributed by atoms with Crippen LogP contribution in [0.2, 0.25) is 0 Å². The molecule has 0 saturated carbocycles. The number of ketones is 1. The number of methoxy groups -OCH3 is 2. The van der Waals surface area contributed by atoms with Gasteiger partial charge in [-0.1, -0.05) is 67.4 Å². The van der Waals surface area contributed by atoms with Crippen LogP contribution >= 0.6 is 0 Å². The molecule has 38 heavy (non-hydrogen) atoms. The lowest BCUT2D eigenvalue weighted by Gasteiger charge is -2.32. The zero-order valence-electron chi connectivity index (χ0n) is 22.7. The highest BCUT2D eigenvalue weighted by atomic mass is 16.7. The van der Waals surface area contributed by atoms with Gasteiger partial charge in [0.1, 0.15) is 0 Å². The number of carbonyl (C=O) groups is 3. The van der Waals surface area contributed by atoms with Crippen molar-refractivity contribution >= 4 is 17.7 Å². The van der Waals surface area contributed by atoms with Gasteiger partial charge in [-0.2, -0.15) is 0 Å². The number of rotatable bonds is 15. The Morgan fingerprint density at radius 2 is 1.63 bits per heavy atom. The fourth-order valence-corrected chi connectivity index (χ4v) is 4.88. The zero-order valence-corrected chi connectivity index (χ0v) is 22.7. The minimum absolute atomic E-state index is 0.0354. The van der Waals surface area contributed by atoms with Crippen LogP contribution in [0.1, 0.15) is 79.8 Å². The maximum absolute atomic E-state index is 13.1. The molecule has 2 aromatic carbocycles. The van der Waals surface area contributed by atoms with Crippen LogP contribution < -0.4 is 0 Å². The second-order valence-corrected chi connectivity index (χ2v) is 9.31. The lowest BCUT2D eigenvalue weighted by atomic mass is 9.94. The molecule has 2 aromatic rings. The predicted octanol–water partition coefficient (Wildman–Crippen LogP) is 5.77. The summed E-state index contributed by atoms with van der Waals surface area (Å²) in [6, 6.07) is 16.9. The smallest absolute Gasteiger partial charge is 0.305 e. The number of benzene rings is 2. The van der Waals surface area contributed by atoms with Crippen molar-refractivity contribution in [1.29, 1.82) is 0 Å². The van der Waals surface area contributed by atoms with Gasteiger partial charge in [0.15, 0.2) is 5.78 Å². The molecule has 204 valence electrons. The Hall–Kier alpha value is -3.29. The summed E-state index contributed by atoms with van der Waals surface area (Å²) < 4.78 is 16.6. The van der Waals surface area contributed by atoms with Gasteiger partial charge in [-0.05, 0) is 32.3 Å². The summed E-state index contributed by atoms with van der Waals surface area (Å²) in [6.07, 6.45) is 7.16. The largest absolute Gasteiger partial charge is 0.466 e. The summed E-state index contributed by atoms with van der Waals surface area (Å²) >= 11 is 0. The van der Waals surface area contributed by atoms with Crippen molar-refractivity contribution in [1.82, 2.24) is 4.90 Å². The molecule has 3 rings (SSSR count). The Kier molecular flexibility index (Phi) is 11.2. The summed E-state index contributed by atoms with van der Waals surface area (Å²) in [5.41, 5.74) is 3.04. The minimum Gasteiger partial charge on any atom is -0.466 e. The van der Waals surface area contributed by atoms with Crippen LogP contribution in [0.5, 0.6) is 0 Å². The molecule has 0 N–H and O–H groups in total. The Labute approximate surface area is 225 Å². The van der Waals surface area contributed by atoms with E-state index in [1.54, 1.807) is 27.2 Å².